The molecule has 0 saturated heterocycles. The van der Waals surface area contributed by atoms with Crippen molar-refractivity contribution in [3.63, 3.8) is 0 Å². The van der Waals surface area contributed by atoms with Gasteiger partial charge in [0, 0.05) is 19.3 Å². The molecule has 0 aliphatic rings. The normalized spacial score (nSPS) is 12.3. The number of unbranched alkanes of at least 4 members (excludes halogenated alkanes) is 38. The molecule has 0 radical (unpaired) electrons. The molecule has 0 aromatic heterocycles. The van der Waals surface area contributed by atoms with Gasteiger partial charge in [0.1, 0.15) is 13.2 Å². The lowest BCUT2D eigenvalue weighted by atomic mass is 10.0. The number of ether oxygens (including phenoxy) is 3. The van der Waals surface area contributed by atoms with Crippen LogP contribution in [0.2, 0.25) is 0 Å². The molecule has 0 aliphatic carbocycles. The van der Waals surface area contributed by atoms with Crippen LogP contribution in [0.4, 0.5) is 0 Å². The predicted octanol–water partition coefficient (Wildman–Crippen LogP) is 21.0. The number of carbonyl (C=O) groups excluding carboxylic acids is 3. The lowest BCUT2D eigenvalue weighted by Gasteiger charge is -2.18. The number of hydrogen-bond acceptors (Lipinski definition) is 6. The van der Waals surface area contributed by atoms with E-state index in [-0.39, 0.29) is 31.1 Å². The third kappa shape index (κ3) is 58.1. The minimum Gasteiger partial charge on any atom is -0.462 e. The van der Waals surface area contributed by atoms with E-state index < -0.39 is 6.10 Å². The zero-order valence-electron chi connectivity index (χ0n) is 47.5. The summed E-state index contributed by atoms with van der Waals surface area (Å²) in [5.41, 5.74) is 0. The standard InChI is InChI=1S/C65H118O6/c1-4-7-10-13-16-19-22-24-26-27-28-29-30-31-32-33-34-35-36-37-38-40-41-43-46-49-52-55-58-64(67)70-61-62(60-69-63(66)57-54-51-48-45-21-18-15-12-9-6-3)71-65(68)59-56-53-50-47-44-42-39-25-23-20-17-14-11-8-5-2/h8,11-12,15,17,20,25,39,62H,4-7,9-10,13-14,16,18-19,21-24,26-38,40-61H2,1-3H3/b11-8-,15-12-,20-17-,39-25-. The highest BCUT2D eigenvalue weighted by molar-refractivity contribution is 5.71. The molecule has 0 aromatic carbocycles. The molecule has 0 amide bonds. The van der Waals surface area contributed by atoms with Gasteiger partial charge in [-0.3, -0.25) is 14.4 Å². The molecule has 0 bridgehead atoms. The van der Waals surface area contributed by atoms with Crippen molar-refractivity contribution in [2.45, 2.75) is 335 Å². The molecule has 0 N–H and O–H groups in total. The van der Waals surface area contributed by atoms with Crippen LogP contribution in [-0.4, -0.2) is 37.2 Å². The number of carbonyl (C=O) groups is 3. The van der Waals surface area contributed by atoms with Crippen LogP contribution in [0.15, 0.2) is 48.6 Å². The third-order valence-corrected chi connectivity index (χ3v) is 13.8. The van der Waals surface area contributed by atoms with Gasteiger partial charge in [-0.15, -0.1) is 0 Å². The topological polar surface area (TPSA) is 78.9 Å². The molecule has 1 unspecified atom stereocenters. The Balaban J connectivity index is 4.12. The number of allylic oxidation sites excluding steroid dienone is 8. The molecule has 414 valence electrons. The van der Waals surface area contributed by atoms with Crippen LogP contribution in [0.1, 0.15) is 329 Å². The fourth-order valence-corrected chi connectivity index (χ4v) is 9.17. The fraction of sp³-hybridized carbons (Fsp3) is 0.831. The maximum absolute atomic E-state index is 12.8. The first kappa shape index (κ1) is 68.4. The molecule has 6 heteroatoms. The van der Waals surface area contributed by atoms with Crippen LogP contribution in [0, 0.1) is 0 Å². The smallest absolute Gasteiger partial charge is 0.306 e. The molecule has 1 atom stereocenters. The second-order valence-corrected chi connectivity index (χ2v) is 20.9. The molecule has 0 saturated carbocycles. The van der Waals surface area contributed by atoms with E-state index >= 15 is 0 Å². The Kier molecular flexibility index (Phi) is 57.7. The molecule has 0 aromatic rings. The van der Waals surface area contributed by atoms with Crippen molar-refractivity contribution in [2.75, 3.05) is 13.2 Å². The third-order valence-electron chi connectivity index (χ3n) is 13.8. The van der Waals surface area contributed by atoms with Gasteiger partial charge in [0.25, 0.3) is 0 Å². The van der Waals surface area contributed by atoms with E-state index in [1.807, 2.05) is 0 Å². The van der Waals surface area contributed by atoms with Crippen LogP contribution in [0.3, 0.4) is 0 Å². The van der Waals surface area contributed by atoms with Crippen molar-refractivity contribution < 1.29 is 28.6 Å². The van der Waals surface area contributed by atoms with Gasteiger partial charge in [-0.05, 0) is 70.6 Å². The predicted molar refractivity (Wildman–Crippen MR) is 307 cm³/mol. The highest BCUT2D eigenvalue weighted by atomic mass is 16.6. The maximum atomic E-state index is 12.8. The Bertz CT molecular complexity index is 1230. The van der Waals surface area contributed by atoms with Crippen molar-refractivity contribution >= 4 is 17.9 Å². The summed E-state index contributed by atoms with van der Waals surface area (Å²) in [6, 6.07) is 0. The number of esters is 3. The van der Waals surface area contributed by atoms with Gasteiger partial charge in [0.2, 0.25) is 0 Å². The Morgan fingerprint density at radius 3 is 0.930 bits per heavy atom. The van der Waals surface area contributed by atoms with Crippen LogP contribution in [-0.2, 0) is 28.6 Å². The first-order valence-electron chi connectivity index (χ1n) is 31.1. The van der Waals surface area contributed by atoms with Crippen molar-refractivity contribution in [3.8, 4) is 0 Å². The van der Waals surface area contributed by atoms with Crippen molar-refractivity contribution in [1.82, 2.24) is 0 Å². The average molecular weight is 996 g/mol. The van der Waals surface area contributed by atoms with Gasteiger partial charge in [-0.1, -0.05) is 288 Å². The van der Waals surface area contributed by atoms with Gasteiger partial charge in [-0.25, -0.2) is 0 Å². The second kappa shape index (κ2) is 59.9. The summed E-state index contributed by atoms with van der Waals surface area (Å²) >= 11 is 0. The van der Waals surface area contributed by atoms with E-state index in [2.05, 4.69) is 69.4 Å². The minimum atomic E-state index is -0.783. The Morgan fingerprint density at radius 2 is 0.577 bits per heavy atom. The van der Waals surface area contributed by atoms with Crippen molar-refractivity contribution in [2.24, 2.45) is 0 Å². The second-order valence-electron chi connectivity index (χ2n) is 20.9. The largest absolute Gasteiger partial charge is 0.462 e. The molecule has 6 nitrogen and oxygen atoms in total. The van der Waals surface area contributed by atoms with Crippen molar-refractivity contribution in [3.05, 3.63) is 48.6 Å². The summed E-state index contributed by atoms with van der Waals surface area (Å²) in [5.74, 6) is -0.894. The van der Waals surface area contributed by atoms with Crippen LogP contribution < -0.4 is 0 Å². The lowest BCUT2D eigenvalue weighted by Crippen LogP contribution is -2.30. The molecular formula is C65H118O6. The number of hydrogen-bond donors (Lipinski definition) is 0. The Hall–Kier alpha value is -2.63. The Morgan fingerprint density at radius 1 is 0.296 bits per heavy atom. The quantitative estimate of drug-likeness (QED) is 0.0261. The summed E-state index contributed by atoms with van der Waals surface area (Å²) in [6.45, 7) is 6.49. The van der Waals surface area contributed by atoms with Gasteiger partial charge < -0.3 is 14.2 Å². The van der Waals surface area contributed by atoms with Crippen LogP contribution >= 0.6 is 0 Å². The molecule has 0 spiro atoms. The average Bonchev–Trinajstić information content (AvgIpc) is 3.37. The first-order valence-corrected chi connectivity index (χ1v) is 31.1. The van der Waals surface area contributed by atoms with E-state index in [4.69, 9.17) is 14.2 Å². The molecule has 71 heavy (non-hydrogen) atoms. The van der Waals surface area contributed by atoms with E-state index in [9.17, 15) is 14.4 Å². The summed E-state index contributed by atoms with van der Waals surface area (Å²) in [5, 5.41) is 0. The first-order chi connectivity index (χ1) is 35.0. The van der Waals surface area contributed by atoms with Gasteiger partial charge in [0.05, 0.1) is 0 Å². The van der Waals surface area contributed by atoms with Crippen LogP contribution in [0.25, 0.3) is 0 Å². The van der Waals surface area contributed by atoms with E-state index in [1.54, 1.807) is 0 Å². The van der Waals surface area contributed by atoms with Crippen molar-refractivity contribution in [1.29, 1.82) is 0 Å². The summed E-state index contributed by atoms with van der Waals surface area (Å²) < 4.78 is 16.8. The van der Waals surface area contributed by atoms with Crippen LogP contribution in [0.5, 0.6) is 0 Å². The number of rotatable bonds is 57. The molecule has 0 aliphatic heterocycles. The fourth-order valence-electron chi connectivity index (χ4n) is 9.17. The molecule has 0 fully saturated rings. The monoisotopic (exact) mass is 995 g/mol. The zero-order chi connectivity index (χ0) is 51.4. The SMILES string of the molecule is CC/C=C\C/C=C\C/C=C\CCCCCCCC(=O)OC(COC(=O)CCCCCCC/C=C\CCC)COC(=O)CCCCCCCCCCCCCCCCCCCCCCCCCCCCCC. The van der Waals surface area contributed by atoms with Gasteiger partial charge >= 0.3 is 17.9 Å². The lowest BCUT2D eigenvalue weighted by molar-refractivity contribution is -0.167. The summed E-state index contributed by atoms with van der Waals surface area (Å²) in [7, 11) is 0. The summed E-state index contributed by atoms with van der Waals surface area (Å²) in [6.07, 6.45) is 74.3. The molecule has 0 heterocycles. The zero-order valence-corrected chi connectivity index (χ0v) is 47.5. The van der Waals surface area contributed by atoms with E-state index in [1.165, 1.54) is 180 Å². The molecular weight excluding hydrogens is 877 g/mol. The minimum absolute atomic E-state index is 0.0801. The highest BCUT2D eigenvalue weighted by Gasteiger charge is 2.19. The van der Waals surface area contributed by atoms with Gasteiger partial charge in [-0.2, -0.15) is 0 Å². The van der Waals surface area contributed by atoms with E-state index in [0.29, 0.717) is 19.3 Å². The highest BCUT2D eigenvalue weighted by Crippen LogP contribution is 2.18. The Labute approximate surface area is 441 Å². The maximum Gasteiger partial charge on any atom is 0.306 e. The molecule has 0 rings (SSSR count). The van der Waals surface area contributed by atoms with E-state index in [0.717, 1.165) is 109 Å². The van der Waals surface area contributed by atoms with Gasteiger partial charge in [0.15, 0.2) is 6.10 Å². The summed E-state index contributed by atoms with van der Waals surface area (Å²) in [4.78, 5) is 38.1.